The lowest BCUT2D eigenvalue weighted by molar-refractivity contribution is -0.132. The number of carbonyl (C=O) groups is 3. The molecule has 2 aromatic carbocycles. The predicted octanol–water partition coefficient (Wildman–Crippen LogP) is 2.70. The van der Waals surface area contributed by atoms with Crippen LogP contribution in [-0.2, 0) is 14.3 Å². The third kappa shape index (κ3) is 4.55. The Kier molecular flexibility index (Phi) is 5.32. The molecule has 7 heteroatoms. The topological polar surface area (TPSA) is 84.5 Å². The molecule has 23 heavy (non-hydrogen) atoms. The van der Waals surface area contributed by atoms with Gasteiger partial charge in [0.15, 0.2) is 0 Å². The highest BCUT2D eigenvalue weighted by atomic mass is 35.5. The van der Waals surface area contributed by atoms with Crippen LogP contribution in [0.1, 0.15) is 10.4 Å². The fourth-order valence-electron chi connectivity index (χ4n) is 1.75. The van der Waals surface area contributed by atoms with E-state index in [4.69, 9.17) is 11.6 Å². The van der Waals surface area contributed by atoms with Gasteiger partial charge in [-0.2, -0.15) is 0 Å². The first-order valence-electron chi connectivity index (χ1n) is 6.56. The Hall–Kier alpha value is -2.86. The van der Waals surface area contributed by atoms with Crippen LogP contribution in [-0.4, -0.2) is 24.9 Å². The molecule has 118 valence electrons. The maximum absolute atomic E-state index is 11.9. The van der Waals surface area contributed by atoms with E-state index >= 15 is 0 Å². The lowest BCUT2D eigenvalue weighted by Gasteiger charge is -2.07. The number of anilines is 2. The SMILES string of the molecule is COC(=O)c1cccc(NC(=O)C(=O)Nc2ccc(Cl)cc2)c1. The number of nitrogens with one attached hydrogen (secondary N) is 2. The molecular weight excluding hydrogens is 320 g/mol. The lowest BCUT2D eigenvalue weighted by atomic mass is 10.2. The molecule has 0 aliphatic heterocycles. The zero-order valence-corrected chi connectivity index (χ0v) is 12.9. The van der Waals surface area contributed by atoms with Gasteiger partial charge in [0.25, 0.3) is 0 Å². The highest BCUT2D eigenvalue weighted by Crippen LogP contribution is 2.14. The summed E-state index contributed by atoms with van der Waals surface area (Å²) in [6.07, 6.45) is 0. The third-order valence-corrected chi connectivity index (χ3v) is 3.10. The second kappa shape index (κ2) is 7.42. The molecule has 0 radical (unpaired) electrons. The van der Waals surface area contributed by atoms with E-state index in [0.29, 0.717) is 16.4 Å². The number of ether oxygens (including phenoxy) is 1. The summed E-state index contributed by atoms with van der Waals surface area (Å²) in [5, 5.41) is 5.36. The standard InChI is InChI=1S/C16H13ClN2O4/c1-23-16(22)10-3-2-4-13(9-10)19-15(21)14(20)18-12-7-5-11(17)6-8-12/h2-9H,1H3,(H,18,20)(H,19,21). The van der Waals surface area contributed by atoms with Crippen LogP contribution in [0.4, 0.5) is 11.4 Å². The summed E-state index contributed by atoms with van der Waals surface area (Å²) >= 11 is 5.74. The third-order valence-electron chi connectivity index (χ3n) is 2.85. The lowest BCUT2D eigenvalue weighted by Crippen LogP contribution is -2.29. The van der Waals surface area contributed by atoms with Crippen molar-refractivity contribution in [1.82, 2.24) is 0 Å². The summed E-state index contributed by atoms with van der Waals surface area (Å²) in [4.78, 5) is 35.1. The van der Waals surface area contributed by atoms with Crippen LogP contribution in [0.15, 0.2) is 48.5 Å². The normalized spacial score (nSPS) is 9.83. The zero-order valence-electron chi connectivity index (χ0n) is 12.1. The van der Waals surface area contributed by atoms with Crippen molar-refractivity contribution in [3.63, 3.8) is 0 Å². The average Bonchev–Trinajstić information content (AvgIpc) is 2.56. The minimum atomic E-state index is -0.859. The first-order chi connectivity index (χ1) is 11.0. The van der Waals surface area contributed by atoms with Crippen molar-refractivity contribution in [2.75, 3.05) is 17.7 Å². The van der Waals surface area contributed by atoms with Crippen LogP contribution in [0.3, 0.4) is 0 Å². The summed E-state index contributed by atoms with van der Waals surface area (Å²) in [7, 11) is 1.26. The molecule has 0 spiro atoms. The van der Waals surface area contributed by atoms with Crippen LogP contribution in [0.25, 0.3) is 0 Å². The number of halogens is 1. The van der Waals surface area contributed by atoms with Crippen LogP contribution >= 0.6 is 11.6 Å². The van der Waals surface area contributed by atoms with Crippen molar-refractivity contribution in [3.8, 4) is 0 Å². The van der Waals surface area contributed by atoms with E-state index in [2.05, 4.69) is 15.4 Å². The van der Waals surface area contributed by atoms with Crippen LogP contribution < -0.4 is 10.6 Å². The van der Waals surface area contributed by atoms with E-state index in [1.165, 1.54) is 19.2 Å². The van der Waals surface area contributed by atoms with Gasteiger partial charge in [-0.15, -0.1) is 0 Å². The van der Waals surface area contributed by atoms with Gasteiger partial charge in [-0.25, -0.2) is 4.79 Å². The quantitative estimate of drug-likeness (QED) is 0.668. The van der Waals surface area contributed by atoms with E-state index in [1.54, 1.807) is 36.4 Å². The Morgan fingerprint density at radius 1 is 0.913 bits per heavy atom. The van der Waals surface area contributed by atoms with Gasteiger partial charge in [0, 0.05) is 16.4 Å². The minimum Gasteiger partial charge on any atom is -0.465 e. The van der Waals surface area contributed by atoms with Crippen LogP contribution in [0, 0.1) is 0 Å². The molecule has 0 unspecified atom stereocenters. The first kappa shape index (κ1) is 16.5. The van der Waals surface area contributed by atoms with Crippen LogP contribution in [0.2, 0.25) is 5.02 Å². The van der Waals surface area contributed by atoms with E-state index in [0.717, 1.165) is 0 Å². The molecule has 0 aromatic heterocycles. The highest BCUT2D eigenvalue weighted by molar-refractivity contribution is 6.43. The molecule has 2 N–H and O–H groups in total. The fraction of sp³-hybridized carbons (Fsp3) is 0.0625. The Morgan fingerprint density at radius 3 is 2.13 bits per heavy atom. The number of methoxy groups -OCH3 is 1. The molecule has 0 bridgehead atoms. The van der Waals surface area contributed by atoms with Gasteiger partial charge < -0.3 is 15.4 Å². The van der Waals surface area contributed by atoms with Crippen molar-refractivity contribution in [2.45, 2.75) is 0 Å². The van der Waals surface area contributed by atoms with E-state index < -0.39 is 17.8 Å². The smallest absolute Gasteiger partial charge is 0.337 e. The minimum absolute atomic E-state index is 0.267. The second-order valence-corrected chi connectivity index (χ2v) is 4.92. The average molecular weight is 333 g/mol. The van der Waals surface area contributed by atoms with Gasteiger partial charge >= 0.3 is 17.8 Å². The van der Waals surface area contributed by atoms with Crippen molar-refractivity contribution >= 4 is 40.8 Å². The molecule has 0 fully saturated rings. The van der Waals surface area contributed by atoms with E-state index in [-0.39, 0.29) is 5.56 Å². The van der Waals surface area contributed by atoms with E-state index in [9.17, 15) is 14.4 Å². The van der Waals surface area contributed by atoms with Crippen LogP contribution in [0.5, 0.6) is 0 Å². The zero-order chi connectivity index (χ0) is 16.8. The molecule has 2 aromatic rings. The Labute approximate surface area is 137 Å². The number of rotatable bonds is 3. The fourth-order valence-corrected chi connectivity index (χ4v) is 1.88. The molecule has 0 saturated heterocycles. The summed E-state index contributed by atoms with van der Waals surface area (Å²) in [6.45, 7) is 0. The van der Waals surface area contributed by atoms with Crippen molar-refractivity contribution < 1.29 is 19.1 Å². The monoisotopic (exact) mass is 332 g/mol. The molecule has 0 aliphatic carbocycles. The molecule has 2 amide bonds. The molecular formula is C16H13ClN2O4. The molecule has 6 nitrogen and oxygen atoms in total. The summed E-state index contributed by atoms with van der Waals surface area (Å²) in [5.41, 5.74) is 1.02. The van der Waals surface area contributed by atoms with Crippen molar-refractivity contribution in [3.05, 3.63) is 59.1 Å². The second-order valence-electron chi connectivity index (χ2n) is 4.49. The van der Waals surface area contributed by atoms with Gasteiger partial charge in [0.2, 0.25) is 0 Å². The number of hydrogen-bond acceptors (Lipinski definition) is 4. The number of esters is 1. The first-order valence-corrected chi connectivity index (χ1v) is 6.93. The molecule has 0 atom stereocenters. The number of amides is 2. The number of hydrogen-bond donors (Lipinski definition) is 2. The maximum Gasteiger partial charge on any atom is 0.337 e. The van der Waals surface area contributed by atoms with Gasteiger partial charge in [-0.05, 0) is 42.5 Å². The Morgan fingerprint density at radius 2 is 1.52 bits per heavy atom. The summed E-state index contributed by atoms with van der Waals surface area (Å²) < 4.78 is 4.59. The molecule has 2 rings (SSSR count). The van der Waals surface area contributed by atoms with Crippen molar-refractivity contribution in [1.29, 1.82) is 0 Å². The molecule has 0 aliphatic rings. The van der Waals surface area contributed by atoms with Gasteiger partial charge in [-0.1, -0.05) is 17.7 Å². The maximum atomic E-state index is 11.9. The molecule has 0 saturated carbocycles. The van der Waals surface area contributed by atoms with Gasteiger partial charge in [0.1, 0.15) is 0 Å². The van der Waals surface area contributed by atoms with Gasteiger partial charge in [-0.3, -0.25) is 9.59 Å². The summed E-state index contributed by atoms with van der Waals surface area (Å²) in [5.74, 6) is -2.23. The largest absolute Gasteiger partial charge is 0.465 e. The van der Waals surface area contributed by atoms with Gasteiger partial charge in [0.05, 0.1) is 12.7 Å². The predicted molar refractivity (Wildman–Crippen MR) is 86.5 cm³/mol. The Bertz CT molecular complexity index is 744. The number of carbonyl (C=O) groups excluding carboxylic acids is 3. The highest BCUT2D eigenvalue weighted by Gasteiger charge is 2.15. The van der Waals surface area contributed by atoms with E-state index in [1.807, 2.05) is 0 Å². The molecule has 0 heterocycles. The van der Waals surface area contributed by atoms with Crippen molar-refractivity contribution in [2.24, 2.45) is 0 Å². The Balaban J connectivity index is 2.02. The number of benzene rings is 2. The summed E-state index contributed by atoms with van der Waals surface area (Å²) in [6, 6.07) is 12.4.